The molecule has 0 spiro atoms. The minimum Gasteiger partial charge on any atom is -0.456 e. The third-order valence-electron chi connectivity index (χ3n) is 4.06. The van der Waals surface area contributed by atoms with Gasteiger partial charge in [-0.3, -0.25) is 4.90 Å². The van der Waals surface area contributed by atoms with E-state index in [1.165, 1.54) is 0 Å². The van der Waals surface area contributed by atoms with E-state index in [4.69, 9.17) is 4.74 Å². The van der Waals surface area contributed by atoms with E-state index in [0.717, 1.165) is 12.0 Å². The molecule has 2 heterocycles. The van der Waals surface area contributed by atoms with Crippen molar-refractivity contribution in [2.45, 2.75) is 26.3 Å². The van der Waals surface area contributed by atoms with Gasteiger partial charge in [-0.15, -0.1) is 0 Å². The Morgan fingerprint density at radius 1 is 1.27 bits per heavy atom. The maximum absolute atomic E-state index is 12.5. The number of nitrogens with one attached hydrogen (secondary N) is 1. The standard InChI is InChI=1S/C17H20N2O3/c1-11(2)8-9-19-13-10-22-16(20)14(13)15(18-17(19)21)12-6-4-3-5-7-12/h3-7,11,15H,8-10H2,1-2H3,(H,18,21)/t15-/m0/s1. The maximum atomic E-state index is 12.5. The number of nitrogens with zero attached hydrogens (tertiary/aromatic N) is 1. The van der Waals surface area contributed by atoms with Crippen LogP contribution in [0, 0.1) is 5.92 Å². The Bertz CT molecular complexity index is 622. The van der Waals surface area contributed by atoms with E-state index in [-0.39, 0.29) is 18.6 Å². The molecule has 3 rings (SSSR count). The summed E-state index contributed by atoms with van der Waals surface area (Å²) in [6.45, 7) is 5.00. The van der Waals surface area contributed by atoms with Crippen molar-refractivity contribution in [3.63, 3.8) is 0 Å². The smallest absolute Gasteiger partial charge is 0.338 e. The fourth-order valence-electron chi connectivity index (χ4n) is 2.83. The molecule has 2 aliphatic rings. The SMILES string of the molecule is CC(C)CCN1C(=O)N[C@@H](c2ccccc2)C2=C1COC2=O. The molecule has 22 heavy (non-hydrogen) atoms. The van der Waals surface area contributed by atoms with E-state index >= 15 is 0 Å². The number of cyclic esters (lactones) is 1. The summed E-state index contributed by atoms with van der Waals surface area (Å²) in [5.41, 5.74) is 2.17. The van der Waals surface area contributed by atoms with Crippen molar-refractivity contribution < 1.29 is 14.3 Å². The molecule has 1 aromatic carbocycles. The van der Waals surface area contributed by atoms with Gasteiger partial charge < -0.3 is 10.1 Å². The zero-order valence-electron chi connectivity index (χ0n) is 12.8. The number of hydrogen-bond acceptors (Lipinski definition) is 3. The molecule has 0 aromatic heterocycles. The lowest BCUT2D eigenvalue weighted by Gasteiger charge is -2.33. The molecule has 0 fully saturated rings. The van der Waals surface area contributed by atoms with Crippen molar-refractivity contribution in [2.24, 2.45) is 5.92 Å². The molecule has 0 unspecified atom stereocenters. The third-order valence-corrected chi connectivity index (χ3v) is 4.06. The van der Waals surface area contributed by atoms with E-state index in [1.54, 1.807) is 4.90 Å². The molecule has 1 aromatic rings. The van der Waals surface area contributed by atoms with Crippen LogP contribution >= 0.6 is 0 Å². The molecule has 0 aliphatic carbocycles. The van der Waals surface area contributed by atoms with Gasteiger partial charge in [0, 0.05) is 6.54 Å². The highest BCUT2D eigenvalue weighted by Crippen LogP contribution is 2.35. The van der Waals surface area contributed by atoms with Crippen LogP contribution in [0.1, 0.15) is 31.9 Å². The van der Waals surface area contributed by atoms with E-state index < -0.39 is 6.04 Å². The average Bonchev–Trinajstić information content (AvgIpc) is 2.88. The Morgan fingerprint density at radius 3 is 2.68 bits per heavy atom. The van der Waals surface area contributed by atoms with Gasteiger partial charge in [-0.25, -0.2) is 9.59 Å². The lowest BCUT2D eigenvalue weighted by Crippen LogP contribution is -2.47. The summed E-state index contributed by atoms with van der Waals surface area (Å²) in [5, 5.41) is 2.94. The Balaban J connectivity index is 1.96. The van der Waals surface area contributed by atoms with Gasteiger partial charge in [0.05, 0.1) is 17.3 Å². The number of benzene rings is 1. The monoisotopic (exact) mass is 300 g/mol. The predicted molar refractivity (Wildman–Crippen MR) is 81.9 cm³/mol. The van der Waals surface area contributed by atoms with Gasteiger partial charge in [0.25, 0.3) is 0 Å². The van der Waals surface area contributed by atoms with Crippen molar-refractivity contribution in [1.29, 1.82) is 0 Å². The molecule has 5 nitrogen and oxygen atoms in total. The first-order chi connectivity index (χ1) is 10.6. The molecule has 116 valence electrons. The topological polar surface area (TPSA) is 58.6 Å². The van der Waals surface area contributed by atoms with Crippen LogP contribution in [-0.4, -0.2) is 30.1 Å². The van der Waals surface area contributed by atoms with Gasteiger partial charge in [0.15, 0.2) is 0 Å². The fraction of sp³-hybridized carbons (Fsp3) is 0.412. The summed E-state index contributed by atoms with van der Waals surface area (Å²) in [6, 6.07) is 8.93. The van der Waals surface area contributed by atoms with Gasteiger partial charge in [-0.1, -0.05) is 44.2 Å². The highest BCUT2D eigenvalue weighted by atomic mass is 16.5. The van der Waals surface area contributed by atoms with E-state index in [1.807, 2.05) is 30.3 Å². The summed E-state index contributed by atoms with van der Waals surface area (Å²) in [6.07, 6.45) is 0.883. The lowest BCUT2D eigenvalue weighted by molar-refractivity contribution is -0.136. The molecule has 2 aliphatic heterocycles. The van der Waals surface area contributed by atoms with Crippen LogP contribution in [0.15, 0.2) is 41.6 Å². The van der Waals surface area contributed by atoms with Gasteiger partial charge in [-0.2, -0.15) is 0 Å². The average molecular weight is 300 g/mol. The second-order valence-electron chi connectivity index (χ2n) is 6.06. The molecule has 1 N–H and O–H groups in total. The normalized spacial score (nSPS) is 21.0. The van der Waals surface area contributed by atoms with Crippen LogP contribution in [-0.2, 0) is 9.53 Å². The van der Waals surface area contributed by atoms with Crippen LogP contribution in [0.4, 0.5) is 4.79 Å². The summed E-state index contributed by atoms with van der Waals surface area (Å²) in [7, 11) is 0. The van der Waals surface area contributed by atoms with Crippen molar-refractivity contribution in [3.8, 4) is 0 Å². The van der Waals surface area contributed by atoms with E-state index in [9.17, 15) is 9.59 Å². The number of amides is 2. The number of urea groups is 1. The largest absolute Gasteiger partial charge is 0.456 e. The van der Waals surface area contributed by atoms with Crippen LogP contribution in [0.2, 0.25) is 0 Å². The Kier molecular flexibility index (Phi) is 3.88. The predicted octanol–water partition coefficient (Wildman–Crippen LogP) is 2.61. The number of rotatable bonds is 4. The van der Waals surface area contributed by atoms with Crippen LogP contribution in [0.3, 0.4) is 0 Å². The van der Waals surface area contributed by atoms with Gasteiger partial charge >= 0.3 is 12.0 Å². The second-order valence-corrected chi connectivity index (χ2v) is 6.06. The number of esters is 1. The maximum Gasteiger partial charge on any atom is 0.338 e. The van der Waals surface area contributed by atoms with Crippen molar-refractivity contribution in [3.05, 3.63) is 47.2 Å². The molecule has 0 bridgehead atoms. The van der Waals surface area contributed by atoms with Crippen LogP contribution in [0.25, 0.3) is 0 Å². The number of hydrogen-bond donors (Lipinski definition) is 1. The first kappa shape index (κ1) is 14.6. The van der Waals surface area contributed by atoms with Crippen molar-refractivity contribution >= 4 is 12.0 Å². The molecule has 5 heteroatoms. The molecule has 0 radical (unpaired) electrons. The minimum atomic E-state index is -0.422. The molecule has 2 amide bonds. The van der Waals surface area contributed by atoms with Crippen molar-refractivity contribution in [2.75, 3.05) is 13.2 Å². The lowest BCUT2D eigenvalue weighted by atomic mass is 9.95. The summed E-state index contributed by atoms with van der Waals surface area (Å²) in [5.74, 6) is 0.153. The zero-order valence-corrected chi connectivity index (χ0v) is 12.8. The third kappa shape index (κ3) is 2.58. The number of ether oxygens (including phenoxy) is 1. The summed E-state index contributed by atoms with van der Waals surface area (Å²) >= 11 is 0. The number of carbonyl (C=O) groups is 2. The van der Waals surface area contributed by atoms with Crippen molar-refractivity contribution in [1.82, 2.24) is 10.2 Å². The zero-order chi connectivity index (χ0) is 15.7. The molecule has 1 atom stereocenters. The molecular formula is C17H20N2O3. The van der Waals surface area contributed by atoms with Gasteiger partial charge in [-0.05, 0) is 17.9 Å². The fourth-order valence-corrected chi connectivity index (χ4v) is 2.83. The quantitative estimate of drug-likeness (QED) is 0.870. The summed E-state index contributed by atoms with van der Waals surface area (Å²) in [4.78, 5) is 26.2. The molecular weight excluding hydrogens is 280 g/mol. The summed E-state index contributed by atoms with van der Waals surface area (Å²) < 4.78 is 5.19. The Hall–Kier alpha value is -2.30. The molecule has 0 saturated carbocycles. The van der Waals surface area contributed by atoms with Gasteiger partial charge in [0.2, 0.25) is 0 Å². The number of carbonyl (C=O) groups excluding carboxylic acids is 2. The highest BCUT2D eigenvalue weighted by molar-refractivity contribution is 5.97. The van der Waals surface area contributed by atoms with Crippen LogP contribution in [0.5, 0.6) is 0 Å². The first-order valence-electron chi connectivity index (χ1n) is 7.61. The highest BCUT2D eigenvalue weighted by Gasteiger charge is 2.41. The van der Waals surface area contributed by atoms with E-state index in [0.29, 0.717) is 23.7 Å². The molecule has 0 saturated heterocycles. The Morgan fingerprint density at radius 2 is 2.00 bits per heavy atom. The Labute approximate surface area is 129 Å². The first-order valence-corrected chi connectivity index (χ1v) is 7.61. The van der Waals surface area contributed by atoms with Gasteiger partial charge in [0.1, 0.15) is 6.61 Å². The van der Waals surface area contributed by atoms with E-state index in [2.05, 4.69) is 19.2 Å². The second kappa shape index (κ2) is 5.83. The van der Waals surface area contributed by atoms with Crippen LogP contribution < -0.4 is 5.32 Å². The minimum absolute atomic E-state index is 0.161.